The number of anilines is 1. The summed E-state index contributed by atoms with van der Waals surface area (Å²) in [7, 11) is -2.27. The molecule has 3 aromatic rings. The molecule has 0 aliphatic heterocycles. The summed E-state index contributed by atoms with van der Waals surface area (Å²) >= 11 is 7.33. The number of thioether (sulfide) groups is 1. The lowest BCUT2D eigenvalue weighted by Crippen LogP contribution is -2.14. The number of rotatable bonds is 5. The number of methoxy groups -OCH3 is 1. The molecule has 3 rings (SSSR count). The maximum absolute atomic E-state index is 12.9. The molecule has 0 spiro atoms. The number of fused-ring (bicyclic) bond motifs is 1. The molecular formula is C17H15ClN2O3S2. The Hall–Kier alpha value is -1.96. The molecule has 2 aromatic carbocycles. The highest BCUT2D eigenvalue weighted by Crippen LogP contribution is 2.33. The van der Waals surface area contributed by atoms with Gasteiger partial charge in [-0.2, -0.15) is 0 Å². The van der Waals surface area contributed by atoms with E-state index in [9.17, 15) is 8.42 Å². The number of pyridine rings is 1. The van der Waals surface area contributed by atoms with E-state index in [1.54, 1.807) is 49.7 Å². The van der Waals surface area contributed by atoms with Crippen LogP contribution in [0.2, 0.25) is 5.02 Å². The number of nitrogens with zero attached hydrogens (tertiary/aromatic N) is 1. The molecule has 0 aliphatic rings. The van der Waals surface area contributed by atoms with E-state index in [1.165, 1.54) is 17.8 Å². The quantitative estimate of drug-likeness (QED) is 0.649. The van der Waals surface area contributed by atoms with Gasteiger partial charge in [0.2, 0.25) is 0 Å². The van der Waals surface area contributed by atoms with Gasteiger partial charge < -0.3 is 4.74 Å². The highest BCUT2D eigenvalue weighted by molar-refractivity contribution is 7.99. The van der Waals surface area contributed by atoms with Gasteiger partial charge in [-0.1, -0.05) is 11.6 Å². The Morgan fingerprint density at radius 1 is 1.20 bits per heavy atom. The largest absolute Gasteiger partial charge is 0.494 e. The molecule has 1 heterocycles. The molecule has 0 bridgehead atoms. The topological polar surface area (TPSA) is 68.3 Å². The van der Waals surface area contributed by atoms with E-state index >= 15 is 0 Å². The van der Waals surface area contributed by atoms with Gasteiger partial charge in [0.25, 0.3) is 10.0 Å². The van der Waals surface area contributed by atoms with Crippen molar-refractivity contribution in [2.75, 3.05) is 18.1 Å². The molecule has 0 radical (unpaired) electrons. The Balaban J connectivity index is 2.11. The van der Waals surface area contributed by atoms with E-state index in [0.717, 1.165) is 0 Å². The maximum Gasteiger partial charge on any atom is 0.263 e. The summed E-state index contributed by atoms with van der Waals surface area (Å²) in [6, 6.07) is 11.7. The fourth-order valence-corrected chi connectivity index (χ4v) is 4.93. The van der Waals surface area contributed by atoms with Crippen molar-refractivity contribution < 1.29 is 13.2 Å². The van der Waals surface area contributed by atoms with Gasteiger partial charge in [-0.25, -0.2) is 8.42 Å². The highest BCUT2D eigenvalue weighted by Gasteiger charge is 2.20. The first-order chi connectivity index (χ1) is 12.0. The molecule has 1 N–H and O–H groups in total. The minimum Gasteiger partial charge on any atom is -0.494 e. The molecule has 0 saturated carbocycles. The van der Waals surface area contributed by atoms with Crippen LogP contribution in [0.25, 0.3) is 10.9 Å². The molecule has 5 nitrogen and oxygen atoms in total. The lowest BCUT2D eigenvalue weighted by Gasteiger charge is -2.14. The Morgan fingerprint density at radius 3 is 2.72 bits per heavy atom. The van der Waals surface area contributed by atoms with Crippen molar-refractivity contribution in [3.63, 3.8) is 0 Å². The fraction of sp³-hybridized carbons (Fsp3) is 0.118. The van der Waals surface area contributed by atoms with Crippen LogP contribution >= 0.6 is 23.4 Å². The van der Waals surface area contributed by atoms with E-state index in [-0.39, 0.29) is 4.90 Å². The predicted octanol–water partition coefficient (Wildman–Crippen LogP) is 4.42. The van der Waals surface area contributed by atoms with Crippen molar-refractivity contribution in [2.24, 2.45) is 0 Å². The second kappa shape index (κ2) is 7.11. The Labute approximate surface area is 155 Å². The second-order valence-corrected chi connectivity index (χ2v) is 8.05. The molecule has 8 heteroatoms. The van der Waals surface area contributed by atoms with E-state index in [1.807, 2.05) is 6.26 Å². The van der Waals surface area contributed by atoms with E-state index in [4.69, 9.17) is 16.3 Å². The monoisotopic (exact) mass is 394 g/mol. The Bertz CT molecular complexity index is 1040. The lowest BCUT2D eigenvalue weighted by atomic mass is 10.2. The first-order valence-electron chi connectivity index (χ1n) is 7.24. The summed E-state index contributed by atoms with van der Waals surface area (Å²) < 4.78 is 33.7. The van der Waals surface area contributed by atoms with Crippen LogP contribution in [0.15, 0.2) is 58.5 Å². The molecule has 0 unspecified atom stereocenters. The van der Waals surface area contributed by atoms with Crippen LogP contribution < -0.4 is 9.46 Å². The number of halogens is 1. The summed E-state index contributed by atoms with van der Waals surface area (Å²) in [6.07, 6.45) is 3.45. The van der Waals surface area contributed by atoms with Gasteiger partial charge in [0.1, 0.15) is 16.2 Å². The smallest absolute Gasteiger partial charge is 0.263 e. The van der Waals surface area contributed by atoms with Crippen molar-refractivity contribution in [3.8, 4) is 5.75 Å². The molecule has 0 fully saturated rings. The van der Waals surface area contributed by atoms with Crippen LogP contribution in [-0.2, 0) is 10.0 Å². The summed E-state index contributed by atoms with van der Waals surface area (Å²) in [6.45, 7) is 0. The van der Waals surface area contributed by atoms with Crippen molar-refractivity contribution in [1.29, 1.82) is 0 Å². The van der Waals surface area contributed by atoms with Crippen LogP contribution in [-0.4, -0.2) is 26.8 Å². The number of nitrogens with one attached hydrogen (secondary N) is 1. The molecular weight excluding hydrogens is 380 g/mol. The van der Waals surface area contributed by atoms with Gasteiger partial charge in [0.05, 0.1) is 12.8 Å². The van der Waals surface area contributed by atoms with Crippen molar-refractivity contribution in [3.05, 3.63) is 53.7 Å². The Kier molecular flexibility index (Phi) is 5.08. The zero-order valence-electron chi connectivity index (χ0n) is 13.5. The molecule has 0 saturated heterocycles. The van der Waals surface area contributed by atoms with Gasteiger partial charge in [0.15, 0.2) is 0 Å². The molecule has 0 atom stereocenters. The van der Waals surface area contributed by atoms with E-state index < -0.39 is 10.0 Å². The second-order valence-electron chi connectivity index (χ2n) is 5.12. The van der Waals surface area contributed by atoms with Gasteiger partial charge >= 0.3 is 0 Å². The molecule has 0 amide bonds. The minimum atomic E-state index is -3.81. The van der Waals surface area contributed by atoms with E-state index in [2.05, 4.69) is 9.71 Å². The average Bonchev–Trinajstić information content (AvgIpc) is 2.62. The summed E-state index contributed by atoms with van der Waals surface area (Å²) in [5, 5.41) is 1.01. The van der Waals surface area contributed by atoms with Gasteiger partial charge in [0, 0.05) is 21.5 Å². The zero-order chi connectivity index (χ0) is 18.0. The van der Waals surface area contributed by atoms with Crippen molar-refractivity contribution in [2.45, 2.75) is 9.79 Å². The average molecular weight is 395 g/mol. The Morgan fingerprint density at radius 2 is 2.00 bits per heavy atom. The van der Waals surface area contributed by atoms with E-state index in [0.29, 0.717) is 32.3 Å². The zero-order valence-corrected chi connectivity index (χ0v) is 15.9. The van der Waals surface area contributed by atoms with Gasteiger partial charge in [-0.3, -0.25) is 9.71 Å². The predicted molar refractivity (Wildman–Crippen MR) is 102 cm³/mol. The van der Waals surface area contributed by atoms with Crippen LogP contribution in [0.1, 0.15) is 0 Å². The normalized spacial score (nSPS) is 11.5. The maximum atomic E-state index is 12.9. The number of sulfonamides is 1. The third-order valence-corrected chi connectivity index (χ3v) is 6.18. The molecule has 0 aliphatic carbocycles. The third-order valence-electron chi connectivity index (χ3n) is 3.61. The van der Waals surface area contributed by atoms with Crippen LogP contribution in [0.3, 0.4) is 0 Å². The lowest BCUT2D eigenvalue weighted by molar-refractivity contribution is 0.419. The summed E-state index contributed by atoms with van der Waals surface area (Å²) in [5.41, 5.74) is 1.01. The molecule has 25 heavy (non-hydrogen) atoms. The van der Waals surface area contributed by atoms with Crippen LogP contribution in [0, 0.1) is 0 Å². The number of benzene rings is 2. The third kappa shape index (κ3) is 3.53. The SMILES string of the molecule is COc1ccc(NS(=O)(=O)c2cc(Cl)ccc2SC)c2cccnc12. The minimum absolute atomic E-state index is 0.139. The molecule has 130 valence electrons. The van der Waals surface area contributed by atoms with Crippen LogP contribution in [0.5, 0.6) is 5.75 Å². The number of hydrogen-bond acceptors (Lipinski definition) is 5. The van der Waals surface area contributed by atoms with Crippen LogP contribution in [0.4, 0.5) is 5.69 Å². The van der Waals surface area contributed by atoms with Gasteiger partial charge in [-0.05, 0) is 48.7 Å². The number of aromatic nitrogens is 1. The van der Waals surface area contributed by atoms with Crippen molar-refractivity contribution in [1.82, 2.24) is 4.98 Å². The summed E-state index contributed by atoms with van der Waals surface area (Å²) in [4.78, 5) is 5.04. The standard InChI is InChI=1S/C17H15ClN2O3S2/c1-23-14-7-6-13(12-4-3-9-19-17(12)14)20-25(21,22)16-10-11(18)5-8-15(16)24-2/h3-10,20H,1-2H3. The molecule has 1 aromatic heterocycles. The fourth-order valence-electron chi connectivity index (χ4n) is 2.46. The first kappa shape index (κ1) is 17.8. The summed E-state index contributed by atoms with van der Waals surface area (Å²) in [5.74, 6) is 0.575. The van der Waals surface area contributed by atoms with Crippen molar-refractivity contribution >= 4 is 50.0 Å². The number of hydrogen-bond donors (Lipinski definition) is 1. The number of ether oxygens (including phenoxy) is 1. The first-order valence-corrected chi connectivity index (χ1v) is 10.3. The van der Waals surface area contributed by atoms with Gasteiger partial charge in [-0.15, -0.1) is 11.8 Å². The highest BCUT2D eigenvalue weighted by atomic mass is 35.5.